The van der Waals surface area contributed by atoms with Crippen molar-refractivity contribution in [1.82, 2.24) is 5.43 Å². The number of anilines is 1. The summed E-state index contributed by atoms with van der Waals surface area (Å²) in [4.78, 5) is 52.1. The summed E-state index contributed by atoms with van der Waals surface area (Å²) in [6.45, 7) is 1.37. The second-order valence-electron chi connectivity index (χ2n) is 10.7. The van der Waals surface area contributed by atoms with Gasteiger partial charge in [-0.25, -0.2) is 15.0 Å². The maximum Gasteiger partial charge on any atom is 0.340 e. The molecule has 0 saturated carbocycles. The van der Waals surface area contributed by atoms with Gasteiger partial charge in [-0.05, 0) is 49.6 Å². The summed E-state index contributed by atoms with van der Waals surface area (Å²) < 4.78 is 5.59. The second kappa shape index (κ2) is 11.0. The lowest BCUT2D eigenvalue weighted by molar-refractivity contribution is 0.0693. The Bertz CT molecular complexity index is 2070. The number of ether oxygens (including phenoxy) is 1. The topological polar surface area (TPSA) is 215 Å². The Morgan fingerprint density at radius 2 is 1.59 bits per heavy atom. The summed E-state index contributed by atoms with van der Waals surface area (Å²) in [5, 5.41) is 60.4. The van der Waals surface area contributed by atoms with Gasteiger partial charge < -0.3 is 35.6 Å². The van der Waals surface area contributed by atoms with E-state index in [9.17, 15) is 44.7 Å². The van der Waals surface area contributed by atoms with Gasteiger partial charge in [0.05, 0.1) is 30.0 Å². The second-order valence-corrected chi connectivity index (χ2v) is 10.7. The number of methoxy groups -OCH3 is 1. The summed E-state index contributed by atoms with van der Waals surface area (Å²) in [6.07, 6.45) is 1.38. The fraction of sp³-hybridized carbons (Fsp3) is 0.121. The van der Waals surface area contributed by atoms with Crippen LogP contribution in [0.25, 0.3) is 11.1 Å². The standard InChI is InChI=1S/C33H25N3O10/c1-13-19(37)11-18-23(26(13)38)30(42)25-24(27(18)39)29(41)22-17(31(25)46-2)9-8-14-10-15(21(32(43)44)28(40)20(14)22)12-34-36-33(45)35-16-6-4-3-5-7-16/h3-7,10-12,37-38,40-41H,8-9H2,1-2H3,(H,43,44)(H2,35,36,45)/b34-12+. The molecule has 232 valence electrons. The van der Waals surface area contributed by atoms with E-state index in [4.69, 9.17) is 4.74 Å². The Labute approximate surface area is 260 Å². The SMILES string of the molecule is COc1c2c(c(O)c3c1C(=O)c1c(cc(O)c(C)c1O)C3=O)-c1c(cc(/C=N/NC(=O)Nc3ccccc3)c(C(=O)O)c1O)CC2. The number of phenolic OH excluding ortho intramolecular Hbond substituents is 3. The highest BCUT2D eigenvalue weighted by Gasteiger charge is 2.42. The smallest absolute Gasteiger partial charge is 0.340 e. The quantitative estimate of drug-likeness (QED) is 0.109. The summed E-state index contributed by atoms with van der Waals surface area (Å²) in [6, 6.07) is 10.3. The van der Waals surface area contributed by atoms with Gasteiger partial charge in [-0.1, -0.05) is 18.2 Å². The minimum atomic E-state index is -1.55. The van der Waals surface area contributed by atoms with Crippen molar-refractivity contribution in [2.24, 2.45) is 5.10 Å². The summed E-state index contributed by atoms with van der Waals surface area (Å²) in [7, 11) is 1.25. The number of hydrazone groups is 1. The molecule has 6 rings (SSSR count). The van der Waals surface area contributed by atoms with E-state index >= 15 is 0 Å². The van der Waals surface area contributed by atoms with Crippen LogP contribution in [0.5, 0.6) is 28.7 Å². The first kappa shape index (κ1) is 29.7. The van der Waals surface area contributed by atoms with E-state index in [1.54, 1.807) is 30.3 Å². The van der Waals surface area contributed by atoms with Crippen molar-refractivity contribution in [2.45, 2.75) is 19.8 Å². The molecule has 13 heteroatoms. The van der Waals surface area contributed by atoms with Gasteiger partial charge in [0.15, 0.2) is 5.78 Å². The number of fused-ring (bicyclic) bond motifs is 5. The largest absolute Gasteiger partial charge is 0.508 e. The summed E-state index contributed by atoms with van der Waals surface area (Å²) in [5.41, 5.74) is 0.970. The number of hydrogen-bond donors (Lipinski definition) is 7. The van der Waals surface area contributed by atoms with Crippen molar-refractivity contribution < 1.29 is 49.4 Å². The average molecular weight is 624 g/mol. The number of aromatic carboxylic acids is 1. The lowest BCUT2D eigenvalue weighted by Crippen LogP contribution is -2.25. The number of carboxylic acids is 1. The number of para-hydroxylation sites is 1. The molecule has 4 aromatic rings. The summed E-state index contributed by atoms with van der Waals surface area (Å²) in [5.74, 6) is -5.85. The van der Waals surface area contributed by atoms with Gasteiger partial charge >= 0.3 is 12.0 Å². The first-order chi connectivity index (χ1) is 22.0. The molecular weight excluding hydrogens is 598 g/mol. The Hall–Kier alpha value is -6.37. The molecule has 0 atom stereocenters. The third-order valence-electron chi connectivity index (χ3n) is 8.11. The third kappa shape index (κ3) is 4.44. The number of urea groups is 1. The van der Waals surface area contributed by atoms with E-state index in [2.05, 4.69) is 15.8 Å². The van der Waals surface area contributed by atoms with Crippen molar-refractivity contribution in [2.75, 3.05) is 12.4 Å². The van der Waals surface area contributed by atoms with Crippen LogP contribution in [0.2, 0.25) is 0 Å². The Kier molecular flexibility index (Phi) is 7.08. The number of aromatic hydroxyl groups is 4. The van der Waals surface area contributed by atoms with Crippen molar-refractivity contribution >= 4 is 35.5 Å². The van der Waals surface area contributed by atoms with Crippen LogP contribution >= 0.6 is 0 Å². The zero-order chi connectivity index (χ0) is 33.0. The maximum atomic E-state index is 13.8. The molecule has 4 aromatic carbocycles. The van der Waals surface area contributed by atoms with Gasteiger partial charge in [0, 0.05) is 39.1 Å². The van der Waals surface area contributed by atoms with E-state index in [0.29, 0.717) is 11.3 Å². The Morgan fingerprint density at radius 3 is 2.26 bits per heavy atom. The van der Waals surface area contributed by atoms with E-state index in [-0.39, 0.29) is 63.1 Å². The highest BCUT2D eigenvalue weighted by atomic mass is 16.5. The van der Waals surface area contributed by atoms with Gasteiger partial charge in [-0.3, -0.25) is 9.59 Å². The van der Waals surface area contributed by atoms with E-state index in [1.807, 2.05) is 0 Å². The van der Waals surface area contributed by atoms with Crippen LogP contribution in [0.4, 0.5) is 10.5 Å². The van der Waals surface area contributed by atoms with Gasteiger partial charge in [0.2, 0.25) is 5.78 Å². The molecule has 0 heterocycles. The zero-order valence-electron chi connectivity index (χ0n) is 24.3. The first-order valence-corrected chi connectivity index (χ1v) is 13.8. The first-order valence-electron chi connectivity index (χ1n) is 13.8. The predicted octanol–water partition coefficient (Wildman–Crippen LogP) is 4.22. The number of phenols is 4. The normalized spacial score (nSPS) is 13.0. The Morgan fingerprint density at radius 1 is 0.870 bits per heavy atom. The van der Waals surface area contributed by atoms with Crippen LogP contribution in [-0.2, 0) is 12.8 Å². The molecule has 0 bridgehead atoms. The number of carbonyl (C=O) groups excluding carboxylic acids is 3. The molecule has 0 spiro atoms. The number of amides is 2. The van der Waals surface area contributed by atoms with Crippen LogP contribution in [0.1, 0.15) is 64.5 Å². The molecule has 13 nitrogen and oxygen atoms in total. The number of nitrogens with one attached hydrogen (secondary N) is 2. The van der Waals surface area contributed by atoms with Crippen molar-refractivity contribution in [3.05, 3.63) is 92.5 Å². The number of rotatable bonds is 5. The molecule has 7 N–H and O–H groups in total. The molecule has 0 radical (unpaired) electrons. The van der Waals surface area contributed by atoms with Gasteiger partial charge in [0.25, 0.3) is 0 Å². The molecule has 0 saturated heterocycles. The van der Waals surface area contributed by atoms with Crippen LogP contribution in [0.15, 0.2) is 47.6 Å². The molecule has 0 aliphatic heterocycles. The average Bonchev–Trinajstić information content (AvgIpc) is 3.02. The van der Waals surface area contributed by atoms with Crippen molar-refractivity contribution in [1.29, 1.82) is 0 Å². The number of ketones is 2. The fourth-order valence-electron chi connectivity index (χ4n) is 6.01. The van der Waals surface area contributed by atoms with Crippen molar-refractivity contribution in [3.8, 4) is 39.9 Å². The van der Waals surface area contributed by atoms with Crippen molar-refractivity contribution in [3.63, 3.8) is 0 Å². The molecular formula is C33H25N3O10. The van der Waals surface area contributed by atoms with E-state index in [1.165, 1.54) is 20.1 Å². The number of hydrogen-bond acceptors (Lipinski definition) is 10. The van der Waals surface area contributed by atoms with Gasteiger partial charge in [-0.15, -0.1) is 0 Å². The highest BCUT2D eigenvalue weighted by Crippen LogP contribution is 2.54. The van der Waals surface area contributed by atoms with Crippen LogP contribution in [-0.4, -0.2) is 62.4 Å². The van der Waals surface area contributed by atoms with Crippen LogP contribution in [0.3, 0.4) is 0 Å². The van der Waals surface area contributed by atoms with Gasteiger partial charge in [-0.2, -0.15) is 5.10 Å². The molecule has 0 unspecified atom stereocenters. The Balaban J connectivity index is 1.48. The molecule has 0 aromatic heterocycles. The number of aryl methyl sites for hydroxylation is 1. The molecule has 2 aliphatic rings. The lowest BCUT2D eigenvalue weighted by atomic mass is 9.74. The fourth-order valence-corrected chi connectivity index (χ4v) is 6.01. The molecule has 2 aliphatic carbocycles. The number of carboxylic acid groups (broad SMARTS) is 1. The number of nitrogens with zero attached hydrogens (tertiary/aromatic N) is 1. The van der Waals surface area contributed by atoms with Gasteiger partial charge in [0.1, 0.15) is 34.3 Å². The maximum absolute atomic E-state index is 13.8. The molecule has 0 fully saturated rings. The lowest BCUT2D eigenvalue weighted by Gasteiger charge is -2.30. The monoisotopic (exact) mass is 623 g/mol. The number of benzene rings is 4. The predicted molar refractivity (Wildman–Crippen MR) is 164 cm³/mol. The highest BCUT2D eigenvalue weighted by molar-refractivity contribution is 6.32. The van der Waals surface area contributed by atoms with E-state index in [0.717, 1.165) is 12.3 Å². The summed E-state index contributed by atoms with van der Waals surface area (Å²) >= 11 is 0. The van der Waals surface area contributed by atoms with Crippen LogP contribution < -0.4 is 15.5 Å². The molecule has 46 heavy (non-hydrogen) atoms. The minimum absolute atomic E-state index is 0.0177. The van der Waals surface area contributed by atoms with Crippen LogP contribution in [0, 0.1) is 6.92 Å². The zero-order valence-corrected chi connectivity index (χ0v) is 24.3. The van der Waals surface area contributed by atoms with E-state index < -0.39 is 57.7 Å². The minimum Gasteiger partial charge on any atom is -0.508 e. The number of carbonyl (C=O) groups is 4. The third-order valence-corrected chi connectivity index (χ3v) is 8.11. The molecule has 2 amide bonds.